The number of hydrogen-bond donors (Lipinski definition) is 1. The molecule has 1 heterocycles. The summed E-state index contributed by atoms with van der Waals surface area (Å²) in [6.45, 7) is 2.20. The predicted molar refractivity (Wildman–Crippen MR) is 89.9 cm³/mol. The Bertz CT molecular complexity index is 714. The van der Waals surface area contributed by atoms with E-state index in [-0.39, 0.29) is 17.8 Å². The van der Waals surface area contributed by atoms with Gasteiger partial charge in [0, 0.05) is 19.0 Å². The highest BCUT2D eigenvalue weighted by molar-refractivity contribution is 5.87. The fourth-order valence-corrected chi connectivity index (χ4v) is 2.62. The first-order valence-corrected chi connectivity index (χ1v) is 8.15. The van der Waals surface area contributed by atoms with Crippen molar-refractivity contribution in [1.82, 2.24) is 9.97 Å². The Hall–Kier alpha value is -2.54. The fourth-order valence-electron chi connectivity index (χ4n) is 2.62. The first-order valence-electron chi connectivity index (χ1n) is 8.15. The topological polar surface area (TPSA) is 73.3 Å². The van der Waals surface area contributed by atoms with Crippen molar-refractivity contribution in [3.63, 3.8) is 0 Å². The third-order valence-corrected chi connectivity index (χ3v) is 3.98. The van der Waals surface area contributed by atoms with Crippen LogP contribution in [0.1, 0.15) is 18.9 Å². The average Bonchev–Trinajstić information content (AvgIpc) is 2.60. The van der Waals surface area contributed by atoms with Crippen LogP contribution in [0.3, 0.4) is 0 Å². The van der Waals surface area contributed by atoms with Crippen LogP contribution in [0.25, 0.3) is 0 Å². The maximum atomic E-state index is 14.2. The molecule has 1 fully saturated rings. The van der Waals surface area contributed by atoms with Gasteiger partial charge in [-0.2, -0.15) is 4.98 Å². The number of carbonyl (C=O) groups excluding carboxylic acids is 1. The number of benzene rings is 1. The lowest BCUT2D eigenvalue weighted by molar-refractivity contribution is -0.114. The minimum atomic E-state index is -1.12. The van der Waals surface area contributed by atoms with Crippen LogP contribution in [-0.4, -0.2) is 34.8 Å². The highest BCUT2D eigenvalue weighted by Gasteiger charge is 2.44. The molecule has 132 valence electrons. The van der Waals surface area contributed by atoms with E-state index in [2.05, 4.69) is 15.3 Å². The molecule has 1 aromatic carbocycles. The lowest BCUT2D eigenvalue weighted by Gasteiger charge is -2.38. The van der Waals surface area contributed by atoms with E-state index < -0.39 is 12.3 Å². The third-order valence-electron chi connectivity index (χ3n) is 3.98. The Morgan fingerprint density at radius 1 is 1.32 bits per heavy atom. The van der Waals surface area contributed by atoms with E-state index >= 15 is 0 Å². The van der Waals surface area contributed by atoms with Gasteiger partial charge in [0.25, 0.3) is 0 Å². The molecule has 0 saturated heterocycles. The van der Waals surface area contributed by atoms with Gasteiger partial charge in [-0.25, -0.2) is 9.37 Å². The molecule has 0 radical (unpaired) electrons. The summed E-state index contributed by atoms with van der Waals surface area (Å²) >= 11 is 0. The van der Waals surface area contributed by atoms with Gasteiger partial charge in [0.2, 0.25) is 5.91 Å². The summed E-state index contributed by atoms with van der Waals surface area (Å²) in [6.07, 6.45) is 0.297. The maximum Gasteiger partial charge on any atom is 0.318 e. The van der Waals surface area contributed by atoms with Gasteiger partial charge in [-0.3, -0.25) is 4.79 Å². The van der Waals surface area contributed by atoms with Crippen LogP contribution < -0.4 is 10.1 Å². The molecule has 7 heteroatoms. The molecule has 1 aromatic heterocycles. The minimum Gasteiger partial charge on any atom is -0.457 e. The van der Waals surface area contributed by atoms with Crippen LogP contribution in [0.5, 0.6) is 6.01 Å². The van der Waals surface area contributed by atoms with Crippen molar-refractivity contribution in [3.05, 3.63) is 48.2 Å². The normalized spacial score (nSPS) is 22.1. The second-order valence-electron chi connectivity index (χ2n) is 6.00. The van der Waals surface area contributed by atoms with Gasteiger partial charge >= 0.3 is 6.01 Å². The van der Waals surface area contributed by atoms with Gasteiger partial charge in [-0.05, 0) is 18.1 Å². The summed E-state index contributed by atoms with van der Waals surface area (Å²) in [7, 11) is 0. The molecule has 1 saturated carbocycles. The standard InChI is InChI=1S/C18H20FN3O3/c1-12(23)21-16-7-8-20-18(22-16)25-15-9-14(17(15)19)11-24-10-13-5-3-2-4-6-13/h2-8,14-15,17H,9-11H2,1H3,(H,20,21,22,23)/t14-,15-,17?/m1/s1. The van der Waals surface area contributed by atoms with Crippen LogP contribution in [0.15, 0.2) is 42.6 Å². The maximum absolute atomic E-state index is 14.2. The van der Waals surface area contributed by atoms with Gasteiger partial charge < -0.3 is 14.8 Å². The molecule has 6 nitrogen and oxygen atoms in total. The van der Waals surface area contributed by atoms with E-state index in [1.807, 2.05) is 30.3 Å². The van der Waals surface area contributed by atoms with E-state index in [0.717, 1.165) is 5.56 Å². The molecular formula is C18H20FN3O3. The van der Waals surface area contributed by atoms with Gasteiger partial charge in [-0.1, -0.05) is 30.3 Å². The predicted octanol–water partition coefficient (Wildman–Crippen LogP) is 2.76. The minimum absolute atomic E-state index is 0.0579. The number of nitrogens with one attached hydrogen (secondary N) is 1. The monoisotopic (exact) mass is 345 g/mol. The zero-order valence-electron chi connectivity index (χ0n) is 13.9. The number of amides is 1. The molecule has 1 unspecified atom stereocenters. The Balaban J connectivity index is 1.43. The summed E-state index contributed by atoms with van der Waals surface area (Å²) in [6, 6.07) is 11.4. The first-order chi connectivity index (χ1) is 12.1. The third kappa shape index (κ3) is 4.73. The van der Waals surface area contributed by atoms with Crippen LogP contribution in [0, 0.1) is 5.92 Å². The van der Waals surface area contributed by atoms with Crippen molar-refractivity contribution in [2.75, 3.05) is 11.9 Å². The number of rotatable bonds is 7. The molecule has 25 heavy (non-hydrogen) atoms. The van der Waals surface area contributed by atoms with Crippen LogP contribution >= 0.6 is 0 Å². The van der Waals surface area contributed by atoms with Gasteiger partial charge in [0.05, 0.1) is 13.2 Å². The van der Waals surface area contributed by atoms with E-state index in [1.165, 1.54) is 13.1 Å². The number of carbonyl (C=O) groups is 1. The van der Waals surface area contributed by atoms with Crippen molar-refractivity contribution in [3.8, 4) is 6.01 Å². The van der Waals surface area contributed by atoms with Crippen molar-refractivity contribution < 1.29 is 18.7 Å². The molecule has 1 aliphatic rings. The average molecular weight is 345 g/mol. The molecule has 3 atom stereocenters. The SMILES string of the molecule is CC(=O)Nc1ccnc(O[C@@H]2C[C@H](COCc3ccccc3)C2F)n1. The van der Waals surface area contributed by atoms with E-state index in [1.54, 1.807) is 6.07 Å². The molecule has 1 aliphatic carbocycles. The van der Waals surface area contributed by atoms with Crippen molar-refractivity contribution in [1.29, 1.82) is 0 Å². The first kappa shape index (κ1) is 17.3. The second-order valence-corrected chi connectivity index (χ2v) is 6.00. The second kappa shape index (κ2) is 8.02. The molecule has 1 N–H and O–H groups in total. The molecule has 0 bridgehead atoms. The Labute approximate surface area is 145 Å². The molecule has 0 aliphatic heterocycles. The number of aromatic nitrogens is 2. The van der Waals surface area contributed by atoms with Crippen molar-refractivity contribution in [2.45, 2.75) is 32.2 Å². The van der Waals surface area contributed by atoms with E-state index in [4.69, 9.17) is 9.47 Å². The van der Waals surface area contributed by atoms with Crippen LogP contribution in [-0.2, 0) is 16.1 Å². The zero-order valence-corrected chi connectivity index (χ0v) is 13.9. The summed E-state index contributed by atoms with van der Waals surface area (Å²) in [5.74, 6) is -0.102. The lowest BCUT2D eigenvalue weighted by Crippen LogP contribution is -2.49. The number of ether oxygens (including phenoxy) is 2. The Morgan fingerprint density at radius 3 is 2.84 bits per heavy atom. The molecule has 0 spiro atoms. The van der Waals surface area contributed by atoms with Gasteiger partial charge in [0.15, 0.2) is 0 Å². The van der Waals surface area contributed by atoms with Crippen molar-refractivity contribution >= 4 is 11.7 Å². The van der Waals surface area contributed by atoms with E-state index in [0.29, 0.717) is 25.5 Å². The van der Waals surface area contributed by atoms with E-state index in [9.17, 15) is 9.18 Å². The van der Waals surface area contributed by atoms with Gasteiger partial charge in [-0.15, -0.1) is 0 Å². The largest absolute Gasteiger partial charge is 0.457 e. The quantitative estimate of drug-likeness (QED) is 0.835. The highest BCUT2D eigenvalue weighted by atomic mass is 19.1. The Morgan fingerprint density at radius 2 is 2.12 bits per heavy atom. The van der Waals surface area contributed by atoms with Crippen LogP contribution in [0.4, 0.5) is 10.2 Å². The number of alkyl halides is 1. The number of halogens is 1. The number of nitrogens with zero attached hydrogens (tertiary/aromatic N) is 2. The molecule has 3 rings (SSSR count). The Kier molecular flexibility index (Phi) is 5.55. The highest BCUT2D eigenvalue weighted by Crippen LogP contribution is 2.34. The molecule has 1 amide bonds. The fraction of sp³-hybridized carbons (Fsp3) is 0.389. The van der Waals surface area contributed by atoms with Crippen molar-refractivity contribution in [2.24, 2.45) is 5.92 Å². The number of hydrogen-bond acceptors (Lipinski definition) is 5. The lowest BCUT2D eigenvalue weighted by atomic mass is 9.80. The summed E-state index contributed by atoms with van der Waals surface area (Å²) in [4.78, 5) is 19.0. The summed E-state index contributed by atoms with van der Waals surface area (Å²) < 4.78 is 25.3. The summed E-state index contributed by atoms with van der Waals surface area (Å²) in [5.41, 5.74) is 1.06. The van der Waals surface area contributed by atoms with Crippen LogP contribution in [0.2, 0.25) is 0 Å². The molecular weight excluding hydrogens is 325 g/mol. The zero-order chi connectivity index (χ0) is 17.6. The number of anilines is 1. The summed E-state index contributed by atoms with van der Waals surface area (Å²) in [5, 5.41) is 2.53. The smallest absolute Gasteiger partial charge is 0.318 e. The van der Waals surface area contributed by atoms with Gasteiger partial charge in [0.1, 0.15) is 18.1 Å². The molecule has 2 aromatic rings.